The third-order valence-electron chi connectivity index (χ3n) is 7.54. The Morgan fingerprint density at radius 2 is 0.829 bits per heavy atom. The average Bonchev–Trinajstić information content (AvgIpc) is 2.86. The van der Waals surface area contributed by atoms with Gasteiger partial charge in [-0.15, -0.1) is 0 Å². The van der Waals surface area contributed by atoms with Gasteiger partial charge in [-0.05, 0) is 48.9 Å². The number of aryl methyl sites for hydroxylation is 2. The molecule has 0 aliphatic rings. The molecule has 0 bridgehead atoms. The highest BCUT2D eigenvalue weighted by molar-refractivity contribution is 5.30. The molecule has 2 unspecified atom stereocenters. The summed E-state index contributed by atoms with van der Waals surface area (Å²) in [6.07, 6.45) is 21.4. The highest BCUT2D eigenvalue weighted by atomic mass is 16.5. The molecule has 0 aromatic heterocycles. The van der Waals surface area contributed by atoms with Gasteiger partial charge in [0, 0.05) is 0 Å². The molecular weight excluding hydrogens is 424 g/mol. The fraction of sp³-hybridized carbons (Fsp3) is 0.647. The van der Waals surface area contributed by atoms with Crippen molar-refractivity contribution in [2.75, 3.05) is 0 Å². The van der Waals surface area contributed by atoms with E-state index in [9.17, 15) is 0 Å². The summed E-state index contributed by atoms with van der Waals surface area (Å²) in [6, 6.07) is 17.8. The van der Waals surface area contributed by atoms with E-state index >= 15 is 0 Å². The van der Waals surface area contributed by atoms with Crippen molar-refractivity contribution in [3.05, 3.63) is 70.8 Å². The summed E-state index contributed by atoms with van der Waals surface area (Å²) < 4.78 is 7.07. The van der Waals surface area contributed by atoms with Crippen LogP contribution in [0, 0.1) is 13.8 Å². The molecule has 0 heterocycles. The van der Waals surface area contributed by atoms with Crippen LogP contribution in [0.25, 0.3) is 0 Å². The average molecular weight is 479 g/mol. The SMILES string of the molecule is CCCCCCCCCC(OC(CCCCCCCCC)c1ccccc1C)c1ccccc1C. The molecule has 1 nitrogen and oxygen atoms in total. The van der Waals surface area contributed by atoms with E-state index in [4.69, 9.17) is 4.74 Å². The molecule has 2 rings (SSSR count). The molecule has 196 valence electrons. The Morgan fingerprint density at radius 3 is 1.20 bits per heavy atom. The lowest BCUT2D eigenvalue weighted by molar-refractivity contribution is -0.0270. The van der Waals surface area contributed by atoms with Crippen molar-refractivity contribution in [2.24, 2.45) is 0 Å². The highest BCUT2D eigenvalue weighted by Gasteiger charge is 2.22. The van der Waals surface area contributed by atoms with Gasteiger partial charge in [0.05, 0.1) is 12.2 Å². The Hall–Kier alpha value is -1.60. The molecule has 0 amide bonds. The zero-order valence-corrected chi connectivity index (χ0v) is 23.5. The smallest absolute Gasteiger partial charge is 0.0835 e. The lowest BCUT2D eigenvalue weighted by atomic mass is 9.95. The van der Waals surface area contributed by atoms with Gasteiger partial charge >= 0.3 is 0 Å². The van der Waals surface area contributed by atoms with E-state index in [-0.39, 0.29) is 12.2 Å². The normalized spacial score (nSPS) is 13.1. The summed E-state index contributed by atoms with van der Waals surface area (Å²) in [5.41, 5.74) is 5.49. The lowest BCUT2D eigenvalue weighted by Crippen LogP contribution is -2.13. The van der Waals surface area contributed by atoms with Crippen LogP contribution in [0.5, 0.6) is 0 Å². The van der Waals surface area contributed by atoms with E-state index in [0.717, 1.165) is 12.8 Å². The van der Waals surface area contributed by atoms with Gasteiger partial charge in [0.2, 0.25) is 0 Å². The fourth-order valence-electron chi connectivity index (χ4n) is 5.26. The van der Waals surface area contributed by atoms with Crippen molar-refractivity contribution in [1.82, 2.24) is 0 Å². The van der Waals surface area contributed by atoms with Crippen LogP contribution in [0.4, 0.5) is 0 Å². The predicted octanol–water partition coefficient (Wildman–Crippen LogP) is 11.4. The van der Waals surface area contributed by atoms with E-state index in [1.807, 2.05) is 0 Å². The Balaban J connectivity index is 2.04. The van der Waals surface area contributed by atoms with Crippen LogP contribution in [0.15, 0.2) is 48.5 Å². The van der Waals surface area contributed by atoms with Crippen LogP contribution in [-0.4, -0.2) is 0 Å². The summed E-state index contributed by atoms with van der Waals surface area (Å²) in [5.74, 6) is 0. The number of benzene rings is 2. The minimum absolute atomic E-state index is 0.181. The first-order chi connectivity index (χ1) is 17.2. The number of hydrogen-bond donors (Lipinski definition) is 0. The second kappa shape index (κ2) is 18.6. The second-order valence-corrected chi connectivity index (χ2v) is 10.6. The van der Waals surface area contributed by atoms with E-state index in [0.29, 0.717) is 0 Å². The zero-order chi connectivity index (χ0) is 25.1. The standard InChI is InChI=1S/C34H54O/c1-5-7-9-11-13-15-17-27-33(31-25-21-19-23-29(31)3)35-34(32-26-22-20-24-30(32)4)28-18-16-14-12-10-8-6-2/h19-26,33-34H,5-18,27-28H2,1-4H3. The predicted molar refractivity (Wildman–Crippen MR) is 154 cm³/mol. The molecule has 0 fully saturated rings. The van der Waals surface area contributed by atoms with E-state index < -0.39 is 0 Å². The van der Waals surface area contributed by atoms with Crippen LogP contribution < -0.4 is 0 Å². The maximum absolute atomic E-state index is 7.07. The van der Waals surface area contributed by atoms with Crippen molar-refractivity contribution in [1.29, 1.82) is 0 Å². The van der Waals surface area contributed by atoms with Crippen molar-refractivity contribution < 1.29 is 4.74 Å². The van der Waals surface area contributed by atoms with Gasteiger partial charge in [0.25, 0.3) is 0 Å². The van der Waals surface area contributed by atoms with Crippen LogP contribution in [0.3, 0.4) is 0 Å². The Bertz CT molecular complexity index is 714. The first kappa shape index (κ1) is 29.6. The third kappa shape index (κ3) is 11.8. The van der Waals surface area contributed by atoms with Crippen LogP contribution >= 0.6 is 0 Å². The van der Waals surface area contributed by atoms with Crippen molar-refractivity contribution >= 4 is 0 Å². The highest BCUT2D eigenvalue weighted by Crippen LogP contribution is 2.36. The van der Waals surface area contributed by atoms with Crippen LogP contribution in [-0.2, 0) is 4.74 Å². The quantitative estimate of drug-likeness (QED) is 0.172. The summed E-state index contributed by atoms with van der Waals surface area (Å²) in [7, 11) is 0. The topological polar surface area (TPSA) is 9.23 Å². The number of ether oxygens (including phenoxy) is 1. The zero-order valence-electron chi connectivity index (χ0n) is 23.5. The number of rotatable bonds is 20. The Kier molecular flexibility index (Phi) is 15.8. The van der Waals surface area contributed by atoms with Gasteiger partial charge in [-0.2, -0.15) is 0 Å². The summed E-state index contributed by atoms with van der Waals surface area (Å²) in [5, 5.41) is 0. The molecular formula is C34H54O. The summed E-state index contributed by atoms with van der Waals surface area (Å²) in [4.78, 5) is 0. The molecule has 0 aliphatic heterocycles. The molecule has 0 N–H and O–H groups in total. The summed E-state index contributed by atoms with van der Waals surface area (Å²) >= 11 is 0. The first-order valence-corrected chi connectivity index (χ1v) is 14.9. The monoisotopic (exact) mass is 478 g/mol. The molecule has 35 heavy (non-hydrogen) atoms. The Labute approximate surface area is 218 Å². The van der Waals surface area contributed by atoms with Crippen molar-refractivity contribution in [3.8, 4) is 0 Å². The number of unbranched alkanes of at least 4 members (excludes halogenated alkanes) is 12. The van der Waals surface area contributed by atoms with Gasteiger partial charge in [-0.1, -0.05) is 152 Å². The van der Waals surface area contributed by atoms with Crippen molar-refractivity contribution in [3.63, 3.8) is 0 Å². The molecule has 0 aliphatic carbocycles. The van der Waals surface area contributed by atoms with Gasteiger partial charge in [-0.25, -0.2) is 0 Å². The van der Waals surface area contributed by atoms with E-state index in [2.05, 4.69) is 76.2 Å². The molecule has 0 saturated heterocycles. The lowest BCUT2D eigenvalue weighted by Gasteiger charge is -2.28. The first-order valence-electron chi connectivity index (χ1n) is 14.9. The minimum Gasteiger partial charge on any atom is -0.366 e. The number of hydrogen-bond acceptors (Lipinski definition) is 1. The van der Waals surface area contributed by atoms with Gasteiger partial charge in [0.15, 0.2) is 0 Å². The van der Waals surface area contributed by atoms with Crippen molar-refractivity contribution in [2.45, 2.75) is 143 Å². The Morgan fingerprint density at radius 1 is 0.486 bits per heavy atom. The molecule has 0 radical (unpaired) electrons. The molecule has 2 aromatic rings. The largest absolute Gasteiger partial charge is 0.366 e. The maximum Gasteiger partial charge on any atom is 0.0835 e. The second-order valence-electron chi connectivity index (χ2n) is 10.6. The fourth-order valence-corrected chi connectivity index (χ4v) is 5.26. The van der Waals surface area contributed by atoms with E-state index in [1.54, 1.807) is 0 Å². The molecule has 0 saturated carbocycles. The molecule has 2 aromatic carbocycles. The maximum atomic E-state index is 7.07. The van der Waals surface area contributed by atoms with Gasteiger partial charge < -0.3 is 4.74 Å². The van der Waals surface area contributed by atoms with Crippen LogP contribution in [0.1, 0.15) is 151 Å². The molecule has 0 spiro atoms. The summed E-state index contributed by atoms with van der Waals surface area (Å²) in [6.45, 7) is 9.08. The van der Waals surface area contributed by atoms with E-state index in [1.165, 1.54) is 112 Å². The van der Waals surface area contributed by atoms with Gasteiger partial charge in [0.1, 0.15) is 0 Å². The minimum atomic E-state index is 0.181. The third-order valence-corrected chi connectivity index (χ3v) is 7.54. The molecule has 2 atom stereocenters. The molecule has 1 heteroatoms. The van der Waals surface area contributed by atoms with Crippen LogP contribution in [0.2, 0.25) is 0 Å². The van der Waals surface area contributed by atoms with Gasteiger partial charge in [-0.3, -0.25) is 0 Å².